The molecule has 4 N–H and O–H groups in total. The minimum Gasteiger partial charge on any atom is -0.508 e. The third-order valence-corrected chi connectivity index (χ3v) is 5.06. The number of hydrogen-bond acceptors (Lipinski definition) is 4. The number of hydrogen-bond donors (Lipinski definition) is 4. The van der Waals surface area contributed by atoms with Gasteiger partial charge >= 0.3 is 6.03 Å². The lowest BCUT2D eigenvalue weighted by molar-refractivity contribution is -0.124. The number of nitrogens with one attached hydrogen (secondary N) is 2. The van der Waals surface area contributed by atoms with E-state index >= 15 is 0 Å². The molecule has 1 aliphatic rings. The lowest BCUT2D eigenvalue weighted by atomic mass is 9.90. The van der Waals surface area contributed by atoms with Crippen LogP contribution in [0.4, 0.5) is 4.79 Å². The monoisotopic (exact) mass is 415 g/mol. The van der Waals surface area contributed by atoms with Crippen molar-refractivity contribution in [2.45, 2.75) is 12.1 Å². The fourth-order valence-electron chi connectivity index (χ4n) is 3.25. The number of aromatic hydroxyl groups is 2. The van der Waals surface area contributed by atoms with Crippen molar-refractivity contribution < 1.29 is 19.8 Å². The molecule has 2 heterocycles. The van der Waals surface area contributed by atoms with E-state index in [1.165, 1.54) is 16.7 Å². The number of nitrogens with zero attached hydrogens (tertiary/aromatic N) is 1. The molecule has 0 bridgehead atoms. The number of benzene rings is 2. The summed E-state index contributed by atoms with van der Waals surface area (Å²) < 4.78 is 2.32. The van der Waals surface area contributed by atoms with Crippen molar-refractivity contribution >= 4 is 38.6 Å². The summed E-state index contributed by atoms with van der Waals surface area (Å²) in [5.41, 5.74) is -0.768. The molecule has 0 spiro atoms. The molecule has 3 amide bonds. The van der Waals surface area contributed by atoms with Crippen LogP contribution in [0.15, 0.2) is 53.1 Å². The Labute approximate surface area is 156 Å². The van der Waals surface area contributed by atoms with Gasteiger partial charge in [0, 0.05) is 21.4 Å². The van der Waals surface area contributed by atoms with Gasteiger partial charge < -0.3 is 20.1 Å². The Kier molecular flexibility index (Phi) is 3.66. The standard InChI is InChI=1S/C18H14BrN3O4/c19-12-3-1-11(2-4-12)18(16(25)20-17(26)21-18)9-22-8-10-7-13(23)5-6-14(10)15(22)24/h1-8,23-24H,9H2,(H2,20,21,25,26)/t18-/m0/s1. The van der Waals surface area contributed by atoms with Gasteiger partial charge in [0.05, 0.1) is 6.54 Å². The molecule has 1 atom stereocenters. The number of halogens is 1. The van der Waals surface area contributed by atoms with Crippen LogP contribution in [-0.2, 0) is 16.9 Å². The zero-order valence-corrected chi connectivity index (χ0v) is 14.9. The molecule has 0 unspecified atom stereocenters. The number of carbonyl (C=O) groups excluding carboxylic acids is 2. The van der Waals surface area contributed by atoms with Gasteiger partial charge in [-0.2, -0.15) is 0 Å². The van der Waals surface area contributed by atoms with Crippen LogP contribution in [0.3, 0.4) is 0 Å². The predicted octanol–water partition coefficient (Wildman–Crippen LogP) is 2.55. The Bertz CT molecular complexity index is 1040. The first-order chi connectivity index (χ1) is 12.4. The van der Waals surface area contributed by atoms with E-state index in [9.17, 15) is 19.8 Å². The lowest BCUT2D eigenvalue weighted by Crippen LogP contribution is -2.47. The van der Waals surface area contributed by atoms with Crippen LogP contribution in [0.5, 0.6) is 11.6 Å². The third kappa shape index (κ3) is 2.50. The molecule has 0 aliphatic carbocycles. The topological polar surface area (TPSA) is 104 Å². The fraction of sp³-hybridized carbons (Fsp3) is 0.111. The summed E-state index contributed by atoms with van der Waals surface area (Å²) in [5.74, 6) is -0.473. The number of imide groups is 1. The normalized spacial score (nSPS) is 19.6. The van der Waals surface area contributed by atoms with Crippen molar-refractivity contribution in [1.29, 1.82) is 0 Å². The maximum Gasteiger partial charge on any atom is 0.322 e. The van der Waals surface area contributed by atoms with Crippen LogP contribution in [0.2, 0.25) is 0 Å². The highest BCUT2D eigenvalue weighted by Gasteiger charge is 2.48. The average molecular weight is 416 g/mol. The van der Waals surface area contributed by atoms with Gasteiger partial charge in [0.25, 0.3) is 5.91 Å². The molecule has 26 heavy (non-hydrogen) atoms. The van der Waals surface area contributed by atoms with Crippen LogP contribution in [0, 0.1) is 0 Å². The maximum absolute atomic E-state index is 12.6. The van der Waals surface area contributed by atoms with Crippen molar-refractivity contribution in [3.63, 3.8) is 0 Å². The van der Waals surface area contributed by atoms with Gasteiger partial charge in [-0.3, -0.25) is 10.1 Å². The van der Waals surface area contributed by atoms with Gasteiger partial charge in [-0.05, 0) is 35.9 Å². The molecule has 1 aromatic heterocycles. The van der Waals surface area contributed by atoms with Gasteiger partial charge in [0.2, 0.25) is 0 Å². The van der Waals surface area contributed by atoms with E-state index in [1.54, 1.807) is 36.5 Å². The zero-order chi connectivity index (χ0) is 18.5. The molecule has 1 fully saturated rings. The predicted molar refractivity (Wildman–Crippen MR) is 97.8 cm³/mol. The summed E-state index contributed by atoms with van der Waals surface area (Å²) in [4.78, 5) is 24.5. The van der Waals surface area contributed by atoms with E-state index in [1.807, 2.05) is 0 Å². The quantitative estimate of drug-likeness (QED) is 0.493. The Morgan fingerprint density at radius 2 is 1.81 bits per heavy atom. The number of carbonyl (C=O) groups is 2. The second kappa shape index (κ2) is 5.77. The molecule has 0 radical (unpaired) electrons. The summed E-state index contributed by atoms with van der Waals surface area (Å²) in [5, 5.41) is 26.3. The van der Waals surface area contributed by atoms with Crippen LogP contribution in [0.25, 0.3) is 10.8 Å². The van der Waals surface area contributed by atoms with E-state index in [2.05, 4.69) is 26.6 Å². The Balaban J connectivity index is 1.84. The molecular formula is C18H14BrN3O4. The summed E-state index contributed by atoms with van der Waals surface area (Å²) in [6.45, 7) is -0.00647. The van der Waals surface area contributed by atoms with Crippen LogP contribution >= 0.6 is 15.9 Å². The molecule has 8 heteroatoms. The van der Waals surface area contributed by atoms with E-state index in [0.717, 1.165) is 4.47 Å². The molecule has 7 nitrogen and oxygen atoms in total. The lowest BCUT2D eigenvalue weighted by Gasteiger charge is -2.27. The number of phenols is 1. The van der Waals surface area contributed by atoms with E-state index in [-0.39, 0.29) is 18.2 Å². The maximum atomic E-state index is 12.6. The molecular weight excluding hydrogens is 402 g/mol. The summed E-state index contributed by atoms with van der Waals surface area (Å²) in [7, 11) is 0. The molecule has 0 saturated carbocycles. The molecule has 2 aromatic carbocycles. The SMILES string of the molecule is O=C1NC(=O)[C@](Cn2cc3cc(O)ccc3c2O)(c2ccc(Br)cc2)N1. The van der Waals surface area contributed by atoms with Gasteiger partial charge in [-0.25, -0.2) is 4.79 Å². The largest absolute Gasteiger partial charge is 0.508 e. The van der Waals surface area contributed by atoms with Crippen molar-refractivity contribution in [2.24, 2.45) is 0 Å². The van der Waals surface area contributed by atoms with Crippen LogP contribution < -0.4 is 10.6 Å². The minimum atomic E-state index is -1.35. The van der Waals surface area contributed by atoms with Gasteiger partial charge in [-0.15, -0.1) is 0 Å². The van der Waals surface area contributed by atoms with Gasteiger partial charge in [0.1, 0.15) is 5.75 Å². The van der Waals surface area contributed by atoms with Gasteiger partial charge in [-0.1, -0.05) is 28.1 Å². The number of fused-ring (bicyclic) bond motifs is 1. The van der Waals surface area contributed by atoms with Crippen molar-refractivity contribution in [1.82, 2.24) is 15.2 Å². The molecule has 132 valence electrons. The van der Waals surface area contributed by atoms with Crippen LogP contribution in [-0.4, -0.2) is 26.7 Å². The van der Waals surface area contributed by atoms with Crippen molar-refractivity contribution in [3.8, 4) is 11.6 Å². The molecule has 3 aromatic rings. The molecule has 4 rings (SSSR count). The van der Waals surface area contributed by atoms with Crippen LogP contribution in [0.1, 0.15) is 5.56 Å². The third-order valence-electron chi connectivity index (χ3n) is 4.53. The average Bonchev–Trinajstić information content (AvgIpc) is 3.05. The van der Waals surface area contributed by atoms with Gasteiger partial charge in [0.15, 0.2) is 11.4 Å². The Hall–Kier alpha value is -3.00. The summed E-state index contributed by atoms with van der Waals surface area (Å²) >= 11 is 3.35. The highest BCUT2D eigenvalue weighted by molar-refractivity contribution is 9.10. The number of phenolic OH excluding ortho intramolecular Hbond substituents is 1. The minimum absolute atomic E-state index is 0.00647. The zero-order valence-electron chi connectivity index (χ0n) is 13.4. The number of urea groups is 1. The van der Waals surface area contributed by atoms with E-state index in [0.29, 0.717) is 16.3 Å². The smallest absolute Gasteiger partial charge is 0.322 e. The second-order valence-electron chi connectivity index (χ2n) is 6.17. The first-order valence-electron chi connectivity index (χ1n) is 7.79. The van der Waals surface area contributed by atoms with E-state index < -0.39 is 17.5 Å². The summed E-state index contributed by atoms with van der Waals surface area (Å²) in [6.07, 6.45) is 1.63. The highest BCUT2D eigenvalue weighted by Crippen LogP contribution is 2.34. The number of amides is 3. The first kappa shape index (κ1) is 16.5. The molecule has 1 aliphatic heterocycles. The highest BCUT2D eigenvalue weighted by atomic mass is 79.9. The number of aromatic nitrogens is 1. The van der Waals surface area contributed by atoms with Crippen molar-refractivity contribution in [2.75, 3.05) is 0 Å². The Morgan fingerprint density at radius 3 is 2.46 bits per heavy atom. The fourth-order valence-corrected chi connectivity index (χ4v) is 3.52. The van der Waals surface area contributed by atoms with E-state index in [4.69, 9.17) is 0 Å². The van der Waals surface area contributed by atoms with Crippen molar-refractivity contribution in [3.05, 3.63) is 58.7 Å². The summed E-state index contributed by atoms with van der Waals surface area (Å²) in [6, 6.07) is 11.0. The second-order valence-corrected chi connectivity index (χ2v) is 7.09. The Morgan fingerprint density at radius 1 is 1.08 bits per heavy atom. The first-order valence-corrected chi connectivity index (χ1v) is 8.59. The number of rotatable bonds is 3. The molecule has 1 saturated heterocycles.